The van der Waals surface area contributed by atoms with Crippen LogP contribution in [0.5, 0.6) is 0 Å². The van der Waals surface area contributed by atoms with Crippen LogP contribution in [0.15, 0.2) is 11.6 Å². The molecule has 2 nitrogen and oxygen atoms in total. The number of rotatable bonds is 5. The van der Waals surface area contributed by atoms with E-state index in [0.29, 0.717) is 21.7 Å². The summed E-state index contributed by atoms with van der Waals surface area (Å²) in [6.45, 7) is 18.9. The third-order valence-corrected chi connectivity index (χ3v) is 13.3. The summed E-state index contributed by atoms with van der Waals surface area (Å²) in [6.07, 6.45) is 17.6. The zero-order chi connectivity index (χ0) is 24.7. The van der Waals surface area contributed by atoms with Crippen LogP contribution in [0.3, 0.4) is 0 Å². The average molecular weight is 469 g/mol. The minimum atomic E-state index is -0.0927. The van der Waals surface area contributed by atoms with Crippen LogP contribution in [-0.4, -0.2) is 12.1 Å². The fraction of sp³-hybridized carbons (Fsp3) is 0.906. The van der Waals surface area contributed by atoms with Gasteiger partial charge in [-0.2, -0.15) is 0 Å². The Bertz CT molecular complexity index is 866. The third-order valence-electron chi connectivity index (χ3n) is 13.3. The standard InChI is InChI=1S/C32H52O2/c1-21(2)10-9-11-22(3)24-14-16-30(8)26-13-12-25-28(5,6)27(34-23(4)33)15-17-31(25)20-32(26,31)19-18-29(24,30)7/h10,22,24-27H,9,11-20H2,1-8H3/t22-,24+,25+,26+,27-,29-,30+,31-,32+/m1/s1. The summed E-state index contributed by atoms with van der Waals surface area (Å²) in [6, 6.07) is 0. The lowest BCUT2D eigenvalue weighted by Crippen LogP contribution is -2.58. The summed E-state index contributed by atoms with van der Waals surface area (Å²) in [5, 5.41) is 0. The van der Waals surface area contributed by atoms with Gasteiger partial charge in [0.25, 0.3) is 0 Å². The van der Waals surface area contributed by atoms with E-state index in [4.69, 9.17) is 4.74 Å². The molecule has 0 unspecified atom stereocenters. The predicted octanol–water partition coefficient (Wildman–Crippen LogP) is 8.74. The van der Waals surface area contributed by atoms with E-state index in [1.54, 1.807) is 6.92 Å². The highest BCUT2D eigenvalue weighted by atomic mass is 16.5. The van der Waals surface area contributed by atoms with E-state index in [-0.39, 0.29) is 17.5 Å². The van der Waals surface area contributed by atoms with E-state index in [2.05, 4.69) is 54.5 Å². The molecule has 0 bridgehead atoms. The number of hydrogen-bond donors (Lipinski definition) is 0. The Morgan fingerprint density at radius 3 is 2.24 bits per heavy atom. The molecule has 5 aliphatic rings. The molecule has 0 N–H and O–H groups in total. The van der Waals surface area contributed by atoms with Crippen molar-refractivity contribution in [2.45, 2.75) is 132 Å². The molecular weight excluding hydrogens is 416 g/mol. The van der Waals surface area contributed by atoms with Crippen molar-refractivity contribution in [2.24, 2.45) is 50.7 Å². The van der Waals surface area contributed by atoms with E-state index in [9.17, 15) is 4.79 Å². The van der Waals surface area contributed by atoms with Crippen LogP contribution >= 0.6 is 0 Å². The van der Waals surface area contributed by atoms with Crippen molar-refractivity contribution < 1.29 is 9.53 Å². The largest absolute Gasteiger partial charge is 0.462 e. The van der Waals surface area contributed by atoms with Gasteiger partial charge in [0.05, 0.1) is 0 Å². The van der Waals surface area contributed by atoms with Crippen molar-refractivity contribution in [1.29, 1.82) is 0 Å². The molecule has 0 heterocycles. The van der Waals surface area contributed by atoms with Crippen LogP contribution in [0, 0.1) is 50.7 Å². The molecule has 0 radical (unpaired) electrons. The van der Waals surface area contributed by atoms with Crippen molar-refractivity contribution in [2.75, 3.05) is 0 Å². The Morgan fingerprint density at radius 1 is 0.882 bits per heavy atom. The fourth-order valence-corrected chi connectivity index (χ4v) is 11.5. The molecule has 5 aliphatic carbocycles. The maximum Gasteiger partial charge on any atom is 0.302 e. The SMILES string of the molecule is CC(=O)O[C@@H]1CC[C@]23C[C@]24CC[C@]2(C)[C@H]([C@H](C)CCC=C(C)C)CC[C@@]2(C)[C@@H]4CC[C@H]3C1(C)C. The highest BCUT2D eigenvalue weighted by Crippen LogP contribution is 2.89. The maximum atomic E-state index is 11.8. The predicted molar refractivity (Wildman–Crippen MR) is 140 cm³/mol. The molecule has 0 saturated heterocycles. The number of esters is 1. The molecule has 5 fully saturated rings. The van der Waals surface area contributed by atoms with Gasteiger partial charge < -0.3 is 4.74 Å². The monoisotopic (exact) mass is 468 g/mol. The number of allylic oxidation sites excluding steroid dienone is 2. The minimum Gasteiger partial charge on any atom is -0.462 e. The second kappa shape index (κ2) is 7.85. The topological polar surface area (TPSA) is 26.3 Å². The number of ether oxygens (including phenoxy) is 1. The van der Waals surface area contributed by atoms with E-state index in [1.165, 1.54) is 69.8 Å². The summed E-state index contributed by atoms with van der Waals surface area (Å²) in [7, 11) is 0. The van der Waals surface area contributed by atoms with Gasteiger partial charge in [0.1, 0.15) is 6.10 Å². The Morgan fingerprint density at radius 2 is 1.56 bits per heavy atom. The van der Waals surface area contributed by atoms with Crippen LogP contribution in [0.1, 0.15) is 126 Å². The summed E-state index contributed by atoms with van der Waals surface area (Å²) in [4.78, 5) is 11.8. The number of hydrogen-bond acceptors (Lipinski definition) is 2. The van der Waals surface area contributed by atoms with Crippen LogP contribution in [0.25, 0.3) is 0 Å². The Hall–Kier alpha value is -0.790. The molecule has 0 amide bonds. The zero-order valence-corrected chi connectivity index (χ0v) is 23.6. The number of fused-ring (bicyclic) bond motifs is 2. The Balaban J connectivity index is 1.39. The Labute approximate surface area is 210 Å². The number of carbonyl (C=O) groups is 1. The smallest absolute Gasteiger partial charge is 0.302 e. The van der Waals surface area contributed by atoms with Crippen molar-refractivity contribution >= 4 is 5.97 Å². The van der Waals surface area contributed by atoms with E-state index >= 15 is 0 Å². The quantitative estimate of drug-likeness (QED) is 0.298. The van der Waals surface area contributed by atoms with Crippen LogP contribution in [0.4, 0.5) is 0 Å². The molecular formula is C32H52O2. The molecule has 0 aromatic rings. The molecule has 5 saturated carbocycles. The first-order chi connectivity index (χ1) is 15.8. The van der Waals surface area contributed by atoms with E-state index < -0.39 is 0 Å². The minimum absolute atomic E-state index is 0.0927. The number of carbonyl (C=O) groups excluding carboxylic acids is 1. The lowest BCUT2D eigenvalue weighted by molar-refractivity contribution is -0.181. The summed E-state index contributed by atoms with van der Waals surface area (Å²) in [5.74, 6) is 3.27. The highest BCUT2D eigenvalue weighted by Gasteiger charge is 2.82. The van der Waals surface area contributed by atoms with Crippen molar-refractivity contribution in [3.63, 3.8) is 0 Å². The average Bonchev–Trinajstić information content (AvgIpc) is 3.32. The van der Waals surface area contributed by atoms with Gasteiger partial charge in [0, 0.05) is 12.3 Å². The van der Waals surface area contributed by atoms with Gasteiger partial charge in [0.2, 0.25) is 0 Å². The summed E-state index contributed by atoms with van der Waals surface area (Å²) < 4.78 is 5.90. The van der Waals surface area contributed by atoms with Crippen molar-refractivity contribution in [3.05, 3.63) is 11.6 Å². The molecule has 2 heteroatoms. The molecule has 34 heavy (non-hydrogen) atoms. The van der Waals surface area contributed by atoms with Gasteiger partial charge >= 0.3 is 5.97 Å². The molecule has 0 aromatic carbocycles. The van der Waals surface area contributed by atoms with Gasteiger partial charge in [-0.3, -0.25) is 4.79 Å². The lowest BCUT2D eigenvalue weighted by Gasteiger charge is -2.63. The molecule has 0 aliphatic heterocycles. The maximum absolute atomic E-state index is 11.8. The first-order valence-electron chi connectivity index (χ1n) is 14.6. The summed E-state index contributed by atoms with van der Waals surface area (Å²) >= 11 is 0. The fourth-order valence-electron chi connectivity index (χ4n) is 11.5. The molecule has 9 atom stereocenters. The second-order valence-electron chi connectivity index (χ2n) is 14.9. The molecule has 2 spiro atoms. The Kier molecular flexibility index (Phi) is 5.75. The zero-order valence-electron chi connectivity index (χ0n) is 23.6. The lowest BCUT2D eigenvalue weighted by atomic mass is 9.41. The van der Waals surface area contributed by atoms with Crippen LogP contribution in [-0.2, 0) is 9.53 Å². The van der Waals surface area contributed by atoms with Gasteiger partial charge in [-0.25, -0.2) is 0 Å². The molecule has 0 aromatic heterocycles. The first-order valence-corrected chi connectivity index (χ1v) is 14.6. The normalized spacial score (nSPS) is 49.1. The van der Waals surface area contributed by atoms with Gasteiger partial charge in [0.15, 0.2) is 0 Å². The van der Waals surface area contributed by atoms with Crippen LogP contribution in [0.2, 0.25) is 0 Å². The van der Waals surface area contributed by atoms with E-state index in [0.717, 1.165) is 30.1 Å². The van der Waals surface area contributed by atoms with Gasteiger partial charge in [-0.1, -0.05) is 46.3 Å². The first kappa shape index (κ1) is 24.9. The third kappa shape index (κ3) is 3.14. The second-order valence-corrected chi connectivity index (χ2v) is 14.9. The van der Waals surface area contributed by atoms with Crippen molar-refractivity contribution in [3.8, 4) is 0 Å². The van der Waals surface area contributed by atoms with Crippen molar-refractivity contribution in [1.82, 2.24) is 0 Å². The van der Waals surface area contributed by atoms with Crippen LogP contribution < -0.4 is 0 Å². The van der Waals surface area contributed by atoms with Gasteiger partial charge in [-0.05, 0) is 130 Å². The van der Waals surface area contributed by atoms with E-state index in [1.807, 2.05) is 0 Å². The van der Waals surface area contributed by atoms with Gasteiger partial charge in [-0.15, -0.1) is 0 Å². The highest BCUT2D eigenvalue weighted by molar-refractivity contribution is 5.66. The summed E-state index contributed by atoms with van der Waals surface area (Å²) in [5.41, 5.74) is 3.71. The molecule has 5 rings (SSSR count). The molecule has 192 valence electrons.